The van der Waals surface area contributed by atoms with E-state index in [1.54, 1.807) is 7.05 Å². The molecule has 5 heteroatoms. The molecule has 2 aromatic carbocycles. The van der Waals surface area contributed by atoms with Crippen LogP contribution in [0.3, 0.4) is 0 Å². The Morgan fingerprint density at radius 3 is 2.35 bits per heavy atom. The Labute approximate surface area is 187 Å². The van der Waals surface area contributed by atoms with Crippen molar-refractivity contribution in [3.63, 3.8) is 0 Å². The monoisotopic (exact) mass is 420 g/mol. The zero-order valence-corrected chi connectivity index (χ0v) is 19.4. The van der Waals surface area contributed by atoms with E-state index in [1.165, 1.54) is 22.3 Å². The first-order valence-electron chi connectivity index (χ1n) is 11.3. The van der Waals surface area contributed by atoms with Crippen LogP contribution in [-0.2, 0) is 29.7 Å². The third kappa shape index (κ3) is 6.58. The van der Waals surface area contributed by atoms with Gasteiger partial charge in [-0.2, -0.15) is 0 Å². The maximum absolute atomic E-state index is 12.0. The Kier molecular flexibility index (Phi) is 7.72. The molecule has 31 heavy (non-hydrogen) atoms. The SMILES string of the molecule is CN=C(NCCc1ccc(C(C)(C)C)cc1)NCc1ccccc1CN1CCCC1=O. The lowest BCUT2D eigenvalue weighted by Crippen LogP contribution is -2.38. The minimum atomic E-state index is 0.182. The molecule has 166 valence electrons. The van der Waals surface area contributed by atoms with Crippen molar-refractivity contribution in [2.24, 2.45) is 4.99 Å². The van der Waals surface area contributed by atoms with Gasteiger partial charge < -0.3 is 15.5 Å². The molecular formula is C26H36N4O. The number of carbonyl (C=O) groups is 1. The highest BCUT2D eigenvalue weighted by Crippen LogP contribution is 2.22. The molecule has 0 saturated carbocycles. The molecule has 0 aromatic heterocycles. The molecule has 1 amide bonds. The predicted octanol–water partition coefficient (Wildman–Crippen LogP) is 4.01. The van der Waals surface area contributed by atoms with Gasteiger partial charge >= 0.3 is 0 Å². The summed E-state index contributed by atoms with van der Waals surface area (Å²) in [6.45, 7) is 9.76. The van der Waals surface area contributed by atoms with Crippen molar-refractivity contribution in [3.8, 4) is 0 Å². The van der Waals surface area contributed by atoms with Crippen LogP contribution in [0.2, 0.25) is 0 Å². The summed E-state index contributed by atoms with van der Waals surface area (Å²) >= 11 is 0. The molecule has 0 spiro atoms. The minimum Gasteiger partial charge on any atom is -0.356 e. The third-order valence-electron chi connectivity index (χ3n) is 5.85. The summed E-state index contributed by atoms with van der Waals surface area (Å²) in [5.74, 6) is 1.05. The van der Waals surface area contributed by atoms with Crippen molar-refractivity contribution in [3.05, 3.63) is 70.8 Å². The fourth-order valence-electron chi connectivity index (χ4n) is 3.86. The Balaban J connectivity index is 1.49. The summed E-state index contributed by atoms with van der Waals surface area (Å²) in [6, 6.07) is 17.2. The molecule has 1 heterocycles. The molecule has 3 rings (SSSR count). The molecule has 1 aliphatic heterocycles. The standard InChI is InChI=1S/C26H36N4O/c1-26(2,3)23-13-11-20(12-14-23)15-16-28-25(27-4)29-18-21-8-5-6-9-22(21)19-30-17-7-10-24(30)31/h5-6,8-9,11-14H,7,10,15-19H2,1-4H3,(H2,27,28,29). The molecule has 0 aliphatic carbocycles. The second-order valence-corrected chi connectivity index (χ2v) is 9.24. The third-order valence-corrected chi connectivity index (χ3v) is 5.85. The molecule has 2 aromatic rings. The summed E-state index contributed by atoms with van der Waals surface area (Å²) < 4.78 is 0. The first-order chi connectivity index (χ1) is 14.9. The molecule has 0 bridgehead atoms. The lowest BCUT2D eigenvalue weighted by Gasteiger charge is -2.19. The number of hydrogen-bond acceptors (Lipinski definition) is 2. The van der Waals surface area contributed by atoms with E-state index in [4.69, 9.17) is 0 Å². The zero-order valence-electron chi connectivity index (χ0n) is 19.4. The van der Waals surface area contributed by atoms with Crippen molar-refractivity contribution < 1.29 is 4.79 Å². The maximum atomic E-state index is 12.0. The predicted molar refractivity (Wildman–Crippen MR) is 128 cm³/mol. The molecule has 5 nitrogen and oxygen atoms in total. The van der Waals surface area contributed by atoms with Crippen molar-refractivity contribution >= 4 is 11.9 Å². The van der Waals surface area contributed by atoms with Crippen molar-refractivity contribution in [1.82, 2.24) is 15.5 Å². The normalized spacial score (nSPS) is 14.8. The number of aliphatic imine (C=N–C) groups is 1. The van der Waals surface area contributed by atoms with E-state index in [0.717, 1.165) is 31.9 Å². The number of hydrogen-bond donors (Lipinski definition) is 2. The van der Waals surface area contributed by atoms with Crippen LogP contribution in [0.15, 0.2) is 53.5 Å². The van der Waals surface area contributed by atoms with Gasteiger partial charge in [0.1, 0.15) is 0 Å². The Bertz CT molecular complexity index is 896. The second kappa shape index (κ2) is 10.5. The number of guanidine groups is 1. The van der Waals surface area contributed by atoms with Crippen LogP contribution in [0.1, 0.15) is 55.9 Å². The van der Waals surface area contributed by atoms with Crippen molar-refractivity contribution in [1.29, 1.82) is 0 Å². The number of nitrogens with zero attached hydrogens (tertiary/aromatic N) is 2. The lowest BCUT2D eigenvalue weighted by molar-refractivity contribution is -0.128. The number of carbonyl (C=O) groups excluding carboxylic acids is 1. The number of amides is 1. The van der Waals surface area contributed by atoms with Gasteiger partial charge in [-0.1, -0.05) is 69.3 Å². The Hall–Kier alpha value is -2.82. The molecule has 0 unspecified atom stereocenters. The number of rotatable bonds is 7. The van der Waals surface area contributed by atoms with Gasteiger partial charge in [0.05, 0.1) is 0 Å². The van der Waals surface area contributed by atoms with Crippen LogP contribution in [-0.4, -0.2) is 36.9 Å². The smallest absolute Gasteiger partial charge is 0.222 e. The highest BCUT2D eigenvalue weighted by Gasteiger charge is 2.20. The molecule has 1 fully saturated rings. The topological polar surface area (TPSA) is 56.7 Å². The van der Waals surface area contributed by atoms with Gasteiger partial charge in [-0.25, -0.2) is 0 Å². The summed E-state index contributed by atoms with van der Waals surface area (Å²) in [5.41, 5.74) is 5.25. The average molecular weight is 421 g/mol. The van der Waals surface area contributed by atoms with E-state index in [9.17, 15) is 4.79 Å². The van der Waals surface area contributed by atoms with Crippen molar-refractivity contribution in [2.45, 2.75) is 58.5 Å². The first-order valence-corrected chi connectivity index (χ1v) is 11.3. The number of nitrogens with one attached hydrogen (secondary N) is 2. The Morgan fingerprint density at radius 1 is 1.03 bits per heavy atom. The molecule has 1 saturated heterocycles. The fraction of sp³-hybridized carbons (Fsp3) is 0.462. The van der Waals surface area contributed by atoms with Gasteiger partial charge in [0, 0.05) is 39.6 Å². The van der Waals surface area contributed by atoms with Crippen LogP contribution in [0.4, 0.5) is 0 Å². The van der Waals surface area contributed by atoms with Crippen LogP contribution < -0.4 is 10.6 Å². The van der Waals surface area contributed by atoms with Gasteiger partial charge in [0.2, 0.25) is 5.91 Å². The second-order valence-electron chi connectivity index (χ2n) is 9.24. The fourth-order valence-corrected chi connectivity index (χ4v) is 3.86. The van der Waals surface area contributed by atoms with Gasteiger partial charge in [-0.3, -0.25) is 9.79 Å². The van der Waals surface area contributed by atoms with Crippen LogP contribution >= 0.6 is 0 Å². The highest BCUT2D eigenvalue weighted by atomic mass is 16.2. The number of benzene rings is 2. The van der Waals surface area contributed by atoms with Crippen LogP contribution in [0.5, 0.6) is 0 Å². The quantitative estimate of drug-likeness (QED) is 0.526. The van der Waals surface area contributed by atoms with Gasteiger partial charge in [0.15, 0.2) is 5.96 Å². The van der Waals surface area contributed by atoms with Gasteiger partial charge in [-0.15, -0.1) is 0 Å². The largest absolute Gasteiger partial charge is 0.356 e. The van der Waals surface area contributed by atoms with Gasteiger partial charge in [-0.05, 0) is 40.5 Å². The maximum Gasteiger partial charge on any atom is 0.222 e. The van der Waals surface area contributed by atoms with E-state index in [-0.39, 0.29) is 11.3 Å². The first kappa shape index (κ1) is 22.9. The van der Waals surface area contributed by atoms with E-state index in [2.05, 4.69) is 72.8 Å². The zero-order chi connectivity index (χ0) is 22.3. The summed E-state index contributed by atoms with van der Waals surface area (Å²) in [6.07, 6.45) is 2.59. The lowest BCUT2D eigenvalue weighted by atomic mass is 9.86. The molecule has 0 radical (unpaired) electrons. The molecule has 0 atom stereocenters. The van der Waals surface area contributed by atoms with Crippen LogP contribution in [0, 0.1) is 0 Å². The minimum absolute atomic E-state index is 0.182. The van der Waals surface area contributed by atoms with Crippen molar-refractivity contribution in [2.75, 3.05) is 20.1 Å². The Morgan fingerprint density at radius 2 is 1.74 bits per heavy atom. The van der Waals surface area contributed by atoms with Gasteiger partial charge in [0.25, 0.3) is 0 Å². The molecular weight excluding hydrogens is 384 g/mol. The van der Waals surface area contributed by atoms with E-state index >= 15 is 0 Å². The average Bonchev–Trinajstić information content (AvgIpc) is 3.15. The highest BCUT2D eigenvalue weighted by molar-refractivity contribution is 5.79. The summed E-state index contributed by atoms with van der Waals surface area (Å²) in [7, 11) is 1.79. The summed E-state index contributed by atoms with van der Waals surface area (Å²) in [4.78, 5) is 18.3. The summed E-state index contributed by atoms with van der Waals surface area (Å²) in [5, 5.41) is 6.82. The van der Waals surface area contributed by atoms with E-state index in [0.29, 0.717) is 19.5 Å². The number of likely N-dealkylation sites (tertiary alicyclic amines) is 1. The van der Waals surface area contributed by atoms with Crippen LogP contribution in [0.25, 0.3) is 0 Å². The van der Waals surface area contributed by atoms with E-state index in [1.807, 2.05) is 17.0 Å². The molecule has 2 N–H and O–H groups in total. The molecule has 1 aliphatic rings. The van der Waals surface area contributed by atoms with E-state index < -0.39 is 0 Å².